The Hall–Kier alpha value is -3.76. The molecule has 1 aliphatic heterocycles. The van der Waals surface area contributed by atoms with E-state index in [1.54, 1.807) is 25.1 Å². The van der Waals surface area contributed by atoms with E-state index in [-0.39, 0.29) is 43.3 Å². The van der Waals surface area contributed by atoms with Crippen molar-refractivity contribution >= 4 is 23.5 Å². The van der Waals surface area contributed by atoms with Crippen molar-refractivity contribution < 1.29 is 37.4 Å². The molecule has 1 aliphatic carbocycles. The first-order chi connectivity index (χ1) is 18.0. The summed E-state index contributed by atoms with van der Waals surface area (Å²) in [4.78, 5) is 36.2. The van der Waals surface area contributed by atoms with Crippen LogP contribution in [0.15, 0.2) is 36.4 Å². The quantitative estimate of drug-likeness (QED) is 0.383. The van der Waals surface area contributed by atoms with Crippen molar-refractivity contribution in [1.82, 2.24) is 10.6 Å². The van der Waals surface area contributed by atoms with Crippen molar-refractivity contribution in [3.8, 4) is 5.75 Å². The monoisotopic (exact) mass is 533 g/mol. The maximum absolute atomic E-state index is 12.9. The lowest BCUT2D eigenvalue weighted by Gasteiger charge is -2.27. The summed E-state index contributed by atoms with van der Waals surface area (Å²) in [7, 11) is 0. The lowest BCUT2D eigenvalue weighted by molar-refractivity contribution is -0.143. The molecule has 0 spiro atoms. The van der Waals surface area contributed by atoms with Crippen LogP contribution in [0.2, 0.25) is 0 Å². The number of alkyl halides is 3. The Morgan fingerprint density at radius 3 is 2.39 bits per heavy atom. The Kier molecular flexibility index (Phi) is 8.13. The van der Waals surface area contributed by atoms with Gasteiger partial charge in [0.25, 0.3) is 5.91 Å². The fourth-order valence-corrected chi connectivity index (χ4v) is 4.86. The van der Waals surface area contributed by atoms with Crippen molar-refractivity contribution in [2.75, 3.05) is 18.4 Å². The van der Waals surface area contributed by atoms with E-state index in [9.17, 15) is 27.6 Å². The van der Waals surface area contributed by atoms with Crippen LogP contribution in [0.25, 0.3) is 0 Å². The zero-order valence-corrected chi connectivity index (χ0v) is 20.9. The Morgan fingerprint density at radius 1 is 1.03 bits per heavy atom. The number of hydrogen-bond donors (Lipinski definition) is 4. The number of hydrogen-bond acceptors (Lipinski definition) is 5. The van der Waals surface area contributed by atoms with Crippen molar-refractivity contribution in [2.24, 2.45) is 5.92 Å². The molecule has 11 heteroatoms. The lowest BCUT2D eigenvalue weighted by atomic mass is 9.87. The van der Waals surface area contributed by atoms with Gasteiger partial charge in [0, 0.05) is 30.8 Å². The van der Waals surface area contributed by atoms with Gasteiger partial charge >= 0.3 is 12.1 Å². The first kappa shape index (κ1) is 27.3. The van der Waals surface area contributed by atoms with E-state index in [2.05, 4.69) is 16.0 Å². The number of rotatable bonds is 8. The molecule has 8 nitrogen and oxygen atoms in total. The molecule has 1 atom stereocenters. The van der Waals surface area contributed by atoms with Crippen molar-refractivity contribution in [1.29, 1.82) is 0 Å². The van der Waals surface area contributed by atoms with Gasteiger partial charge in [-0.25, -0.2) is 0 Å². The van der Waals surface area contributed by atoms with E-state index in [0.717, 1.165) is 17.7 Å². The molecule has 0 aromatic heterocycles. The average Bonchev–Trinajstić information content (AvgIpc) is 3.30. The van der Waals surface area contributed by atoms with Crippen LogP contribution in [-0.2, 0) is 22.2 Å². The van der Waals surface area contributed by atoms with Crippen molar-refractivity contribution in [3.05, 3.63) is 58.7 Å². The molecule has 2 aromatic carbocycles. The van der Waals surface area contributed by atoms with Gasteiger partial charge in [0.15, 0.2) is 0 Å². The number of carboxylic acids is 1. The molecule has 2 amide bonds. The second-order valence-electron chi connectivity index (χ2n) is 9.72. The van der Waals surface area contributed by atoms with Gasteiger partial charge in [-0.2, -0.15) is 13.2 Å². The Balaban J connectivity index is 1.20. The number of amides is 2. The molecule has 1 saturated carbocycles. The third kappa shape index (κ3) is 6.56. The fourth-order valence-electron chi connectivity index (χ4n) is 4.86. The number of nitrogens with one attached hydrogen (secondary N) is 3. The van der Waals surface area contributed by atoms with Crippen LogP contribution >= 0.6 is 0 Å². The highest BCUT2D eigenvalue weighted by Gasteiger charge is 2.34. The highest BCUT2D eigenvalue weighted by Crippen LogP contribution is 2.34. The summed E-state index contributed by atoms with van der Waals surface area (Å²) in [5.74, 6) is -1.13. The molecule has 0 radical (unpaired) electrons. The molecule has 1 unspecified atom stereocenters. The highest BCUT2D eigenvalue weighted by molar-refractivity contribution is 5.95. The Labute approximate surface area is 217 Å². The number of ether oxygens (including phenoxy) is 1. The van der Waals surface area contributed by atoms with Gasteiger partial charge in [-0.15, -0.1) is 0 Å². The summed E-state index contributed by atoms with van der Waals surface area (Å²) in [6.07, 6.45) is -1.85. The molecule has 38 heavy (non-hydrogen) atoms. The minimum Gasteiger partial charge on any atom is -0.490 e. The molecular formula is C27H30F3N3O5. The SMILES string of the molecule is Cc1cc(O[C@H]2CC[C@@H](C(=O)O)CC2)ccc1C(=O)NCCNC(=O)C1Cc2cc(C(F)(F)F)ccc2N1. The fraction of sp³-hybridized carbons (Fsp3) is 0.444. The summed E-state index contributed by atoms with van der Waals surface area (Å²) in [6, 6.07) is 7.82. The predicted molar refractivity (Wildman–Crippen MR) is 133 cm³/mol. The van der Waals surface area contributed by atoms with Crippen LogP contribution in [-0.4, -0.2) is 48.1 Å². The van der Waals surface area contributed by atoms with Crippen molar-refractivity contribution in [3.63, 3.8) is 0 Å². The molecule has 1 heterocycles. The van der Waals surface area contributed by atoms with Gasteiger partial charge in [-0.3, -0.25) is 14.4 Å². The lowest BCUT2D eigenvalue weighted by Crippen LogP contribution is -2.42. The molecule has 4 N–H and O–H groups in total. The number of anilines is 1. The normalized spacial score (nSPS) is 20.7. The molecule has 2 aromatic rings. The van der Waals surface area contributed by atoms with Crippen LogP contribution in [0.1, 0.15) is 52.7 Å². The number of aryl methyl sites for hydroxylation is 1. The van der Waals surface area contributed by atoms with Crippen LogP contribution in [0.4, 0.5) is 18.9 Å². The summed E-state index contributed by atoms with van der Waals surface area (Å²) < 4.78 is 44.8. The zero-order valence-electron chi connectivity index (χ0n) is 20.9. The van der Waals surface area contributed by atoms with E-state index in [1.807, 2.05) is 0 Å². The molecule has 2 aliphatic rings. The van der Waals surface area contributed by atoms with Gasteiger partial charge < -0.3 is 25.8 Å². The number of carbonyl (C=O) groups excluding carboxylic acids is 2. The topological polar surface area (TPSA) is 117 Å². The van der Waals surface area contributed by atoms with Crippen molar-refractivity contribution in [2.45, 2.75) is 57.3 Å². The third-order valence-corrected chi connectivity index (χ3v) is 6.98. The summed E-state index contributed by atoms with van der Waals surface area (Å²) in [5.41, 5.74) is 1.37. The summed E-state index contributed by atoms with van der Waals surface area (Å²) in [5, 5.41) is 17.5. The van der Waals surface area contributed by atoms with Gasteiger partial charge in [0.2, 0.25) is 5.91 Å². The largest absolute Gasteiger partial charge is 0.490 e. The number of fused-ring (bicyclic) bond motifs is 1. The molecule has 1 fully saturated rings. The summed E-state index contributed by atoms with van der Waals surface area (Å²) >= 11 is 0. The standard InChI is InChI=1S/C27H30F3N3O5/c1-15-12-20(38-19-5-2-16(3-6-19)26(36)37)7-8-21(15)24(34)31-10-11-32-25(35)23-14-17-13-18(27(28,29)30)4-9-22(17)33-23/h4,7-9,12-13,16,19,23,33H,2-3,5-6,10-11,14H2,1H3,(H,31,34)(H,32,35)(H,36,37)/t16-,19+,23?. The molecule has 204 valence electrons. The number of benzene rings is 2. The van der Waals surface area contributed by atoms with Crippen LogP contribution in [0, 0.1) is 12.8 Å². The third-order valence-electron chi connectivity index (χ3n) is 6.98. The van der Waals surface area contributed by atoms with Gasteiger partial charge in [0.05, 0.1) is 17.6 Å². The smallest absolute Gasteiger partial charge is 0.416 e. The Bertz CT molecular complexity index is 1210. The number of aliphatic carboxylic acids is 1. The second-order valence-corrected chi connectivity index (χ2v) is 9.72. The maximum atomic E-state index is 12.9. The maximum Gasteiger partial charge on any atom is 0.416 e. The minimum absolute atomic E-state index is 0.0536. The first-order valence-electron chi connectivity index (χ1n) is 12.5. The molecular weight excluding hydrogens is 503 g/mol. The summed E-state index contributed by atoms with van der Waals surface area (Å²) in [6.45, 7) is 2.12. The minimum atomic E-state index is -4.44. The van der Waals surface area contributed by atoms with Crippen LogP contribution in [0.5, 0.6) is 5.75 Å². The molecule has 4 rings (SSSR count). The van der Waals surface area contributed by atoms with Crippen LogP contribution in [0.3, 0.4) is 0 Å². The zero-order chi connectivity index (χ0) is 27.4. The average molecular weight is 534 g/mol. The van der Waals surface area contributed by atoms with E-state index >= 15 is 0 Å². The predicted octanol–water partition coefficient (Wildman–Crippen LogP) is 3.92. The van der Waals surface area contributed by atoms with Gasteiger partial charge in [0.1, 0.15) is 11.8 Å². The first-order valence-corrected chi connectivity index (χ1v) is 12.5. The number of carboxylic acid groups (broad SMARTS) is 1. The van der Waals surface area contributed by atoms with E-state index in [4.69, 9.17) is 9.84 Å². The van der Waals surface area contributed by atoms with Gasteiger partial charge in [-0.05, 0) is 80.1 Å². The van der Waals surface area contributed by atoms with Gasteiger partial charge in [-0.1, -0.05) is 0 Å². The number of carbonyl (C=O) groups is 3. The Morgan fingerprint density at radius 2 is 1.74 bits per heavy atom. The molecule has 0 saturated heterocycles. The second kappa shape index (κ2) is 11.3. The highest BCUT2D eigenvalue weighted by atomic mass is 19.4. The van der Waals surface area contributed by atoms with E-state index in [1.165, 1.54) is 6.07 Å². The number of halogens is 3. The molecule has 0 bridgehead atoms. The van der Waals surface area contributed by atoms with E-state index < -0.39 is 23.8 Å². The van der Waals surface area contributed by atoms with Crippen LogP contribution < -0.4 is 20.7 Å². The van der Waals surface area contributed by atoms with E-state index in [0.29, 0.717) is 48.2 Å².